The maximum atomic E-state index is 9.40. The van der Waals surface area contributed by atoms with E-state index in [-0.39, 0.29) is 12.4 Å². The van der Waals surface area contributed by atoms with Crippen LogP contribution in [0.1, 0.15) is 42.5 Å². The third kappa shape index (κ3) is 3.26. The zero-order valence-corrected chi connectivity index (χ0v) is 12.7. The number of amidine groups is 1. The van der Waals surface area contributed by atoms with Crippen molar-refractivity contribution < 1.29 is 10.3 Å². The summed E-state index contributed by atoms with van der Waals surface area (Å²) in [4.78, 5) is 6.72. The van der Waals surface area contributed by atoms with Crippen LogP contribution in [0, 0.1) is 13.8 Å². The second-order valence-corrected chi connectivity index (χ2v) is 5.62. The maximum Gasteiger partial charge on any atom is 0.174 e. The Balaban J connectivity index is 2.52. The van der Waals surface area contributed by atoms with Crippen molar-refractivity contribution in [2.75, 3.05) is 18.1 Å². The summed E-state index contributed by atoms with van der Waals surface area (Å²) in [6.07, 6.45) is 4.56. The first kappa shape index (κ1) is 15.6. The highest BCUT2D eigenvalue weighted by Gasteiger charge is 2.27. The molecule has 1 saturated carbocycles. The predicted molar refractivity (Wildman–Crippen MR) is 82.9 cm³/mol. The Morgan fingerprint density at radius 2 is 2.10 bits per heavy atom. The van der Waals surface area contributed by atoms with Crippen LogP contribution in [0.3, 0.4) is 0 Å². The average molecular weight is 292 g/mol. The Bertz CT molecular complexity index is 525. The van der Waals surface area contributed by atoms with E-state index < -0.39 is 0 Å². The number of aliphatic hydroxyl groups excluding tert-OH is 1. The summed E-state index contributed by atoms with van der Waals surface area (Å²) in [7, 11) is 0. The Morgan fingerprint density at radius 1 is 1.43 bits per heavy atom. The molecule has 0 atom stereocenters. The van der Waals surface area contributed by atoms with E-state index in [2.05, 4.69) is 15.0 Å². The van der Waals surface area contributed by atoms with Crippen molar-refractivity contribution in [2.45, 2.75) is 45.6 Å². The van der Waals surface area contributed by atoms with Crippen LogP contribution in [0.25, 0.3) is 0 Å². The Morgan fingerprint density at radius 3 is 2.67 bits per heavy atom. The number of aryl methyl sites for hydroxylation is 2. The van der Waals surface area contributed by atoms with E-state index in [0.717, 1.165) is 24.1 Å². The Labute approximate surface area is 125 Å². The van der Waals surface area contributed by atoms with Gasteiger partial charge in [0.05, 0.1) is 12.2 Å². The molecule has 2 rings (SSSR count). The fourth-order valence-corrected chi connectivity index (χ4v) is 3.18. The van der Waals surface area contributed by atoms with Crippen LogP contribution in [0.5, 0.6) is 0 Å². The van der Waals surface area contributed by atoms with Crippen molar-refractivity contribution in [2.24, 2.45) is 10.9 Å². The third-order valence-electron chi connectivity index (χ3n) is 4.07. The van der Waals surface area contributed by atoms with Crippen LogP contribution < -0.4 is 10.6 Å². The summed E-state index contributed by atoms with van der Waals surface area (Å²) in [5.74, 6) is 0.777. The molecule has 6 heteroatoms. The largest absolute Gasteiger partial charge is 0.409 e. The number of aliphatic hydroxyl groups is 1. The van der Waals surface area contributed by atoms with E-state index in [1.165, 1.54) is 12.8 Å². The van der Waals surface area contributed by atoms with E-state index >= 15 is 0 Å². The summed E-state index contributed by atoms with van der Waals surface area (Å²) in [5, 5.41) is 21.6. The van der Waals surface area contributed by atoms with Gasteiger partial charge in [-0.25, -0.2) is 4.98 Å². The molecule has 0 radical (unpaired) electrons. The highest BCUT2D eigenvalue weighted by Crippen LogP contribution is 2.30. The van der Waals surface area contributed by atoms with E-state index in [1.54, 1.807) is 0 Å². The monoisotopic (exact) mass is 292 g/mol. The number of aromatic nitrogens is 1. The number of hydrogen-bond acceptors (Lipinski definition) is 5. The lowest BCUT2D eigenvalue weighted by atomic mass is 10.1. The van der Waals surface area contributed by atoms with Crippen LogP contribution in [0.15, 0.2) is 11.2 Å². The van der Waals surface area contributed by atoms with Gasteiger partial charge in [-0.15, -0.1) is 0 Å². The summed E-state index contributed by atoms with van der Waals surface area (Å²) in [6, 6.07) is 2.28. The van der Waals surface area contributed by atoms with Crippen molar-refractivity contribution in [1.29, 1.82) is 0 Å². The normalized spacial score (nSPS) is 16.4. The maximum absolute atomic E-state index is 9.40. The van der Waals surface area contributed by atoms with Crippen molar-refractivity contribution in [3.8, 4) is 0 Å². The lowest BCUT2D eigenvalue weighted by molar-refractivity contribution is 0.296. The van der Waals surface area contributed by atoms with Crippen LogP contribution >= 0.6 is 0 Å². The molecule has 0 saturated heterocycles. The Hall–Kier alpha value is -1.82. The van der Waals surface area contributed by atoms with Gasteiger partial charge in [0.25, 0.3) is 0 Å². The van der Waals surface area contributed by atoms with Gasteiger partial charge in [-0.05, 0) is 38.3 Å². The van der Waals surface area contributed by atoms with Gasteiger partial charge in [-0.3, -0.25) is 0 Å². The number of hydrogen-bond donors (Lipinski definition) is 3. The van der Waals surface area contributed by atoms with Crippen molar-refractivity contribution in [1.82, 2.24) is 4.98 Å². The van der Waals surface area contributed by atoms with E-state index in [0.29, 0.717) is 24.0 Å². The molecule has 21 heavy (non-hydrogen) atoms. The van der Waals surface area contributed by atoms with Gasteiger partial charge >= 0.3 is 0 Å². The zero-order valence-electron chi connectivity index (χ0n) is 12.7. The second kappa shape index (κ2) is 6.76. The summed E-state index contributed by atoms with van der Waals surface area (Å²) >= 11 is 0. The lowest BCUT2D eigenvalue weighted by Crippen LogP contribution is -2.38. The molecule has 0 spiro atoms. The van der Waals surface area contributed by atoms with Gasteiger partial charge in [0.15, 0.2) is 5.84 Å². The quantitative estimate of drug-likeness (QED) is 0.331. The molecule has 0 amide bonds. The van der Waals surface area contributed by atoms with E-state index in [1.807, 2.05) is 19.9 Å². The first-order chi connectivity index (χ1) is 10.1. The predicted octanol–water partition coefficient (Wildman–Crippen LogP) is 1.53. The summed E-state index contributed by atoms with van der Waals surface area (Å²) in [5.41, 5.74) is 8.32. The standard InChI is InChI=1S/C15H24N4O2/c1-10-9-11(2)17-15(13(10)14(16)18-21)19(7-8-20)12-5-3-4-6-12/h9,12,20-21H,3-8H2,1-2H3,(H2,16,18). The molecule has 1 aromatic heterocycles. The van der Waals surface area contributed by atoms with Gasteiger partial charge in [-0.2, -0.15) is 0 Å². The third-order valence-corrected chi connectivity index (χ3v) is 4.07. The van der Waals surface area contributed by atoms with Crippen molar-refractivity contribution in [3.63, 3.8) is 0 Å². The van der Waals surface area contributed by atoms with Gasteiger partial charge < -0.3 is 20.9 Å². The fourth-order valence-electron chi connectivity index (χ4n) is 3.18. The molecular weight excluding hydrogens is 268 g/mol. The van der Waals surface area contributed by atoms with E-state index in [4.69, 9.17) is 10.9 Å². The minimum Gasteiger partial charge on any atom is -0.409 e. The van der Waals surface area contributed by atoms with Gasteiger partial charge in [0, 0.05) is 18.3 Å². The number of nitrogens with two attached hydrogens (primary N) is 1. The molecule has 4 N–H and O–H groups in total. The second-order valence-electron chi connectivity index (χ2n) is 5.62. The van der Waals surface area contributed by atoms with Crippen LogP contribution in [-0.2, 0) is 0 Å². The smallest absolute Gasteiger partial charge is 0.174 e. The first-order valence-electron chi connectivity index (χ1n) is 7.42. The number of rotatable bonds is 5. The summed E-state index contributed by atoms with van der Waals surface area (Å²) < 4.78 is 0. The molecule has 6 nitrogen and oxygen atoms in total. The van der Waals surface area contributed by atoms with Gasteiger partial charge in [0.1, 0.15) is 5.82 Å². The molecule has 0 bridgehead atoms. The fraction of sp³-hybridized carbons (Fsp3) is 0.600. The molecule has 1 fully saturated rings. The molecule has 0 unspecified atom stereocenters. The molecule has 1 heterocycles. The number of oxime groups is 1. The SMILES string of the molecule is Cc1cc(C)c(C(N)=NO)c(N(CCO)C2CCCC2)n1. The molecule has 1 aromatic rings. The van der Waals surface area contributed by atoms with Crippen LogP contribution in [0.2, 0.25) is 0 Å². The highest BCUT2D eigenvalue weighted by molar-refractivity contribution is 6.02. The first-order valence-corrected chi connectivity index (χ1v) is 7.42. The molecular formula is C15H24N4O2. The zero-order chi connectivity index (χ0) is 15.4. The molecule has 1 aliphatic rings. The average Bonchev–Trinajstić information content (AvgIpc) is 2.97. The minimum atomic E-state index is 0.0563. The molecule has 116 valence electrons. The molecule has 0 aromatic carbocycles. The lowest BCUT2D eigenvalue weighted by Gasteiger charge is -2.31. The molecule has 0 aliphatic heterocycles. The topological polar surface area (TPSA) is 95.0 Å². The number of anilines is 1. The van der Waals surface area contributed by atoms with Crippen molar-refractivity contribution in [3.05, 3.63) is 22.9 Å². The Kier molecular flexibility index (Phi) is 5.01. The van der Waals surface area contributed by atoms with Crippen molar-refractivity contribution >= 4 is 11.7 Å². The highest BCUT2D eigenvalue weighted by atomic mass is 16.4. The van der Waals surface area contributed by atoms with Gasteiger partial charge in [0.2, 0.25) is 0 Å². The number of pyridine rings is 1. The number of nitrogens with zero attached hydrogens (tertiary/aromatic N) is 3. The van der Waals surface area contributed by atoms with Gasteiger partial charge in [-0.1, -0.05) is 18.0 Å². The van der Waals surface area contributed by atoms with Crippen LogP contribution in [0.4, 0.5) is 5.82 Å². The van der Waals surface area contributed by atoms with Crippen LogP contribution in [-0.4, -0.2) is 40.3 Å². The molecule has 1 aliphatic carbocycles. The minimum absolute atomic E-state index is 0.0563. The summed E-state index contributed by atoms with van der Waals surface area (Å²) in [6.45, 7) is 4.42. The van der Waals surface area contributed by atoms with E-state index in [9.17, 15) is 5.11 Å².